The van der Waals surface area contributed by atoms with Gasteiger partial charge in [0.1, 0.15) is 5.82 Å². The fraction of sp³-hybridized carbons (Fsp3) is 0.462. The first-order valence-corrected chi connectivity index (χ1v) is 6.14. The van der Waals surface area contributed by atoms with Gasteiger partial charge in [-0.15, -0.1) is 0 Å². The van der Waals surface area contributed by atoms with Crippen molar-refractivity contribution in [1.29, 1.82) is 0 Å². The first kappa shape index (κ1) is 13.0. The summed E-state index contributed by atoms with van der Waals surface area (Å²) in [6.45, 7) is 5.14. The van der Waals surface area contributed by atoms with Gasteiger partial charge in [-0.05, 0) is 31.2 Å². The number of amides is 1. The Bertz CT molecular complexity index is 407. The summed E-state index contributed by atoms with van der Waals surface area (Å²) in [5, 5.41) is 6.09. The molecule has 1 heterocycles. The van der Waals surface area contributed by atoms with E-state index in [0.29, 0.717) is 18.3 Å². The molecular weight excluding hydrogens is 233 g/mol. The molecule has 1 aromatic rings. The Morgan fingerprint density at radius 2 is 2.22 bits per heavy atom. The van der Waals surface area contributed by atoms with E-state index in [1.807, 2.05) is 0 Å². The lowest BCUT2D eigenvalue weighted by Crippen LogP contribution is -2.51. The maximum atomic E-state index is 12.7. The zero-order valence-corrected chi connectivity index (χ0v) is 10.4. The van der Waals surface area contributed by atoms with Gasteiger partial charge in [-0.1, -0.05) is 0 Å². The smallest absolute Gasteiger partial charge is 0.238 e. The number of hydrogen-bond donors (Lipinski definition) is 2. The fourth-order valence-electron chi connectivity index (χ4n) is 2.09. The van der Waals surface area contributed by atoms with Gasteiger partial charge in [-0.3, -0.25) is 9.69 Å². The number of rotatable bonds is 3. The summed E-state index contributed by atoms with van der Waals surface area (Å²) in [5.74, 6) is -0.361. The van der Waals surface area contributed by atoms with Crippen molar-refractivity contribution in [3.63, 3.8) is 0 Å². The molecule has 0 aliphatic carbocycles. The van der Waals surface area contributed by atoms with Crippen molar-refractivity contribution in [3.05, 3.63) is 30.1 Å². The van der Waals surface area contributed by atoms with Crippen molar-refractivity contribution in [3.8, 4) is 0 Å². The second-order valence-corrected chi connectivity index (χ2v) is 4.65. The van der Waals surface area contributed by atoms with E-state index in [1.54, 1.807) is 12.1 Å². The van der Waals surface area contributed by atoms with E-state index in [0.717, 1.165) is 19.6 Å². The molecule has 0 saturated carbocycles. The molecular formula is C13H18FN3O. The number of hydrogen-bond acceptors (Lipinski definition) is 3. The summed E-state index contributed by atoms with van der Waals surface area (Å²) >= 11 is 0. The van der Waals surface area contributed by atoms with Crippen molar-refractivity contribution < 1.29 is 9.18 Å². The maximum Gasteiger partial charge on any atom is 0.238 e. The minimum Gasteiger partial charge on any atom is -0.325 e. The minimum absolute atomic E-state index is 0.0595. The molecule has 18 heavy (non-hydrogen) atoms. The molecule has 5 heteroatoms. The van der Waals surface area contributed by atoms with Crippen LogP contribution in [0.3, 0.4) is 0 Å². The Labute approximate surface area is 106 Å². The molecule has 1 atom stereocenters. The van der Waals surface area contributed by atoms with Crippen LogP contribution in [0.1, 0.15) is 6.92 Å². The van der Waals surface area contributed by atoms with Crippen molar-refractivity contribution in [2.45, 2.75) is 13.0 Å². The van der Waals surface area contributed by atoms with E-state index in [2.05, 4.69) is 22.5 Å². The second-order valence-electron chi connectivity index (χ2n) is 4.65. The third-order valence-electron chi connectivity index (χ3n) is 2.95. The third kappa shape index (κ3) is 3.78. The average Bonchev–Trinajstić information content (AvgIpc) is 2.32. The Morgan fingerprint density at radius 3 is 2.89 bits per heavy atom. The van der Waals surface area contributed by atoms with Gasteiger partial charge in [0.2, 0.25) is 5.91 Å². The predicted octanol–water partition coefficient (Wildman–Crippen LogP) is 1.06. The highest BCUT2D eigenvalue weighted by Crippen LogP contribution is 2.08. The Kier molecular flexibility index (Phi) is 4.28. The van der Waals surface area contributed by atoms with Gasteiger partial charge in [0, 0.05) is 31.4 Å². The molecule has 1 aromatic carbocycles. The van der Waals surface area contributed by atoms with E-state index >= 15 is 0 Å². The Morgan fingerprint density at radius 1 is 1.50 bits per heavy atom. The predicted molar refractivity (Wildman–Crippen MR) is 68.9 cm³/mol. The van der Waals surface area contributed by atoms with Crippen LogP contribution in [0.25, 0.3) is 0 Å². The first-order chi connectivity index (χ1) is 8.63. The highest BCUT2D eigenvalue weighted by atomic mass is 19.1. The van der Waals surface area contributed by atoms with Crippen LogP contribution in [-0.2, 0) is 4.79 Å². The molecule has 1 aliphatic rings. The van der Waals surface area contributed by atoms with Gasteiger partial charge in [0.25, 0.3) is 0 Å². The van der Waals surface area contributed by atoms with Crippen LogP contribution in [0.2, 0.25) is 0 Å². The molecule has 0 unspecified atom stereocenters. The van der Waals surface area contributed by atoms with Gasteiger partial charge in [-0.25, -0.2) is 4.39 Å². The lowest BCUT2D eigenvalue weighted by molar-refractivity contribution is -0.117. The SMILES string of the molecule is C[C@@H]1CN(CC(=O)Nc2ccc(F)cc2)CCN1. The van der Waals surface area contributed by atoms with Gasteiger partial charge < -0.3 is 10.6 Å². The van der Waals surface area contributed by atoms with Crippen LogP contribution >= 0.6 is 0 Å². The lowest BCUT2D eigenvalue weighted by Gasteiger charge is -2.31. The molecule has 0 radical (unpaired) electrons. The summed E-state index contributed by atoms with van der Waals surface area (Å²) in [4.78, 5) is 13.9. The highest BCUT2D eigenvalue weighted by molar-refractivity contribution is 5.92. The summed E-state index contributed by atoms with van der Waals surface area (Å²) in [7, 11) is 0. The van der Waals surface area contributed by atoms with Crippen molar-refractivity contribution >= 4 is 11.6 Å². The van der Waals surface area contributed by atoms with E-state index in [-0.39, 0.29) is 11.7 Å². The van der Waals surface area contributed by atoms with E-state index in [9.17, 15) is 9.18 Å². The van der Waals surface area contributed by atoms with Crippen molar-refractivity contribution in [2.75, 3.05) is 31.5 Å². The van der Waals surface area contributed by atoms with Crippen LogP contribution in [0, 0.1) is 5.82 Å². The number of carbonyl (C=O) groups excluding carboxylic acids is 1. The summed E-state index contributed by atoms with van der Waals surface area (Å²) in [5.41, 5.74) is 0.629. The third-order valence-corrected chi connectivity index (χ3v) is 2.95. The number of carbonyl (C=O) groups is 1. The van der Waals surface area contributed by atoms with Gasteiger partial charge in [0.05, 0.1) is 6.54 Å². The molecule has 1 fully saturated rings. The first-order valence-electron chi connectivity index (χ1n) is 6.14. The number of piperazine rings is 1. The molecule has 0 bridgehead atoms. The second kappa shape index (κ2) is 5.93. The number of anilines is 1. The zero-order valence-electron chi connectivity index (χ0n) is 10.4. The average molecular weight is 251 g/mol. The largest absolute Gasteiger partial charge is 0.325 e. The summed E-state index contributed by atoms with van der Waals surface area (Å²) < 4.78 is 12.7. The highest BCUT2D eigenvalue weighted by Gasteiger charge is 2.17. The standard InChI is InChI=1S/C13H18FN3O/c1-10-8-17(7-6-15-10)9-13(18)16-12-4-2-11(14)3-5-12/h2-5,10,15H,6-9H2,1H3,(H,16,18)/t10-/m1/s1. The number of nitrogens with one attached hydrogen (secondary N) is 2. The summed E-state index contributed by atoms with van der Waals surface area (Å²) in [6.07, 6.45) is 0. The monoisotopic (exact) mass is 251 g/mol. The van der Waals surface area contributed by atoms with E-state index < -0.39 is 0 Å². The topological polar surface area (TPSA) is 44.4 Å². The molecule has 1 amide bonds. The normalized spacial score (nSPS) is 20.7. The summed E-state index contributed by atoms with van der Waals surface area (Å²) in [6, 6.07) is 6.21. The van der Waals surface area contributed by atoms with Crippen LogP contribution in [0.5, 0.6) is 0 Å². The molecule has 0 aromatic heterocycles. The van der Waals surface area contributed by atoms with Crippen LogP contribution in [-0.4, -0.2) is 43.0 Å². The van der Waals surface area contributed by atoms with Crippen LogP contribution in [0.4, 0.5) is 10.1 Å². The van der Waals surface area contributed by atoms with E-state index in [1.165, 1.54) is 12.1 Å². The molecule has 1 saturated heterocycles. The molecule has 1 aliphatic heterocycles. The van der Waals surface area contributed by atoms with Crippen molar-refractivity contribution in [2.24, 2.45) is 0 Å². The molecule has 4 nitrogen and oxygen atoms in total. The Balaban J connectivity index is 1.83. The molecule has 98 valence electrons. The molecule has 2 N–H and O–H groups in total. The van der Waals surface area contributed by atoms with Crippen LogP contribution < -0.4 is 10.6 Å². The zero-order chi connectivity index (χ0) is 13.0. The lowest BCUT2D eigenvalue weighted by atomic mass is 10.2. The number of benzene rings is 1. The quantitative estimate of drug-likeness (QED) is 0.844. The number of halogens is 1. The van der Waals surface area contributed by atoms with Crippen molar-refractivity contribution in [1.82, 2.24) is 10.2 Å². The van der Waals surface area contributed by atoms with Gasteiger partial charge >= 0.3 is 0 Å². The fourth-order valence-corrected chi connectivity index (χ4v) is 2.09. The van der Waals surface area contributed by atoms with Gasteiger partial charge in [-0.2, -0.15) is 0 Å². The van der Waals surface area contributed by atoms with Crippen LogP contribution in [0.15, 0.2) is 24.3 Å². The molecule has 2 rings (SSSR count). The van der Waals surface area contributed by atoms with E-state index in [4.69, 9.17) is 0 Å². The molecule has 0 spiro atoms. The minimum atomic E-state index is -0.302. The van der Waals surface area contributed by atoms with Gasteiger partial charge in [0.15, 0.2) is 0 Å². The number of nitrogens with zero attached hydrogens (tertiary/aromatic N) is 1. The maximum absolute atomic E-state index is 12.7. The Hall–Kier alpha value is -1.46.